The summed E-state index contributed by atoms with van der Waals surface area (Å²) in [4.78, 5) is 62.6. The van der Waals surface area contributed by atoms with Crippen LogP contribution >= 0.6 is 0 Å². The highest BCUT2D eigenvalue weighted by Crippen LogP contribution is 2.27. The van der Waals surface area contributed by atoms with Crippen molar-refractivity contribution in [3.05, 3.63) is 60.7 Å². The van der Waals surface area contributed by atoms with Crippen molar-refractivity contribution in [2.24, 2.45) is 0 Å². The molecule has 2 aromatic heterocycles. The van der Waals surface area contributed by atoms with Crippen LogP contribution in [0.25, 0.3) is 11.6 Å². The molecule has 0 aliphatic heterocycles. The predicted octanol–water partition coefficient (Wildman–Crippen LogP) is -1.63. The number of nitro groups is 6. The zero-order valence-electron chi connectivity index (χ0n) is 13.4. The molecule has 24 nitrogen and oxygen atoms in total. The standard InChI is InChI=1S/C6H2N12O12/c19-13(20)3-7-1(11(9-3)5(15(23)24)16(25)26)2-8-4(14(21)22)10-12(2)6(17(27)28)18(29)30/h5-6H. The highest BCUT2D eigenvalue weighted by Gasteiger charge is 2.51. The van der Waals surface area contributed by atoms with Crippen LogP contribution in [0, 0.1) is 60.7 Å². The molecular formula is C6H2N12O12. The normalized spacial score (nSPS) is 10.9. The van der Waals surface area contributed by atoms with E-state index in [9.17, 15) is 60.7 Å². The summed E-state index contributed by atoms with van der Waals surface area (Å²) >= 11 is 0. The van der Waals surface area contributed by atoms with Crippen molar-refractivity contribution >= 4 is 11.9 Å². The molecule has 0 fully saturated rings. The molecule has 0 bridgehead atoms. The van der Waals surface area contributed by atoms with Crippen LogP contribution in [0.5, 0.6) is 0 Å². The minimum Gasteiger partial charge on any atom is -0.390 e. The first-order valence-electron chi connectivity index (χ1n) is 6.63. The lowest BCUT2D eigenvalue weighted by molar-refractivity contribution is -0.775. The van der Waals surface area contributed by atoms with Gasteiger partial charge in [-0.15, -0.1) is 0 Å². The number of hydrogen-bond acceptors (Lipinski definition) is 16. The maximum atomic E-state index is 11.0. The van der Waals surface area contributed by atoms with Crippen LogP contribution in [0.4, 0.5) is 11.9 Å². The Hall–Kier alpha value is -5.32. The number of nitrogens with zero attached hydrogens (tertiary/aromatic N) is 12. The molecule has 2 aromatic rings. The fourth-order valence-corrected chi connectivity index (χ4v) is 1.92. The van der Waals surface area contributed by atoms with Crippen molar-refractivity contribution in [3.63, 3.8) is 0 Å². The minimum atomic E-state index is -3.12. The summed E-state index contributed by atoms with van der Waals surface area (Å²) in [7, 11) is 0. The first kappa shape index (κ1) is 21.0. The summed E-state index contributed by atoms with van der Waals surface area (Å²) in [5.41, 5.74) is 0. The molecule has 0 unspecified atom stereocenters. The van der Waals surface area contributed by atoms with Crippen LogP contribution in [0.3, 0.4) is 0 Å². The molecule has 30 heavy (non-hydrogen) atoms. The second-order valence-electron chi connectivity index (χ2n) is 4.71. The fraction of sp³-hybridized carbons (Fsp3) is 0.333. The Morgan fingerprint density at radius 3 is 1.03 bits per heavy atom. The Labute approximate surface area is 157 Å². The van der Waals surface area contributed by atoms with Gasteiger partial charge < -0.3 is 20.2 Å². The molecule has 0 saturated heterocycles. The Morgan fingerprint density at radius 1 is 0.567 bits per heavy atom. The molecule has 0 N–H and O–H groups in total. The molecular weight excluding hydrogens is 432 g/mol. The van der Waals surface area contributed by atoms with Gasteiger partial charge in [-0.1, -0.05) is 0 Å². The molecule has 158 valence electrons. The maximum absolute atomic E-state index is 11.0. The van der Waals surface area contributed by atoms with Crippen LogP contribution < -0.4 is 0 Å². The quantitative estimate of drug-likeness (QED) is 0.243. The van der Waals surface area contributed by atoms with E-state index < -0.39 is 65.7 Å². The largest absolute Gasteiger partial charge is 0.568 e. The van der Waals surface area contributed by atoms with Crippen LogP contribution in [-0.4, -0.2) is 59.1 Å². The highest BCUT2D eigenvalue weighted by molar-refractivity contribution is 5.46. The molecule has 2 heterocycles. The third-order valence-electron chi connectivity index (χ3n) is 2.96. The lowest BCUT2D eigenvalue weighted by Gasteiger charge is -2.01. The van der Waals surface area contributed by atoms with Gasteiger partial charge in [-0.2, -0.15) is 0 Å². The summed E-state index contributed by atoms with van der Waals surface area (Å²) in [6.45, 7) is 0. The van der Waals surface area contributed by atoms with E-state index in [0.29, 0.717) is 0 Å². The Kier molecular flexibility index (Phi) is 5.15. The lowest BCUT2D eigenvalue weighted by Crippen LogP contribution is -2.30. The topological polar surface area (TPSA) is 320 Å². The Balaban J connectivity index is 2.92. The van der Waals surface area contributed by atoms with E-state index in [1.54, 1.807) is 0 Å². The van der Waals surface area contributed by atoms with E-state index in [2.05, 4.69) is 20.2 Å². The minimum absolute atomic E-state index is 0.362. The Bertz CT molecular complexity index is 985. The molecule has 0 atom stereocenters. The molecule has 0 spiro atoms. The van der Waals surface area contributed by atoms with E-state index in [0.717, 1.165) is 0 Å². The average molecular weight is 434 g/mol. The van der Waals surface area contributed by atoms with Crippen molar-refractivity contribution in [3.8, 4) is 11.6 Å². The molecule has 2 rings (SSSR count). The number of aromatic nitrogens is 6. The van der Waals surface area contributed by atoms with Gasteiger partial charge in [0.2, 0.25) is 0 Å². The molecule has 0 aromatic carbocycles. The van der Waals surface area contributed by atoms with Gasteiger partial charge in [-0.3, -0.25) is 40.5 Å². The molecule has 0 saturated carbocycles. The van der Waals surface area contributed by atoms with Gasteiger partial charge in [0.25, 0.3) is 0 Å². The molecule has 0 radical (unpaired) electrons. The predicted molar refractivity (Wildman–Crippen MR) is 78.4 cm³/mol. The molecule has 0 amide bonds. The van der Waals surface area contributed by atoms with Gasteiger partial charge >= 0.3 is 36.1 Å². The monoisotopic (exact) mass is 434 g/mol. The van der Waals surface area contributed by atoms with E-state index in [1.807, 2.05) is 0 Å². The van der Waals surface area contributed by atoms with Gasteiger partial charge in [0.15, 0.2) is 0 Å². The van der Waals surface area contributed by atoms with Crippen molar-refractivity contribution in [1.29, 1.82) is 0 Å². The molecule has 0 aliphatic carbocycles. The summed E-state index contributed by atoms with van der Waals surface area (Å²) in [6, 6.07) is 0. The average Bonchev–Trinajstić information content (AvgIpc) is 3.18. The zero-order valence-corrected chi connectivity index (χ0v) is 13.4. The highest BCUT2D eigenvalue weighted by atomic mass is 16.7. The number of hydrogen-bond donors (Lipinski definition) is 0. The second-order valence-corrected chi connectivity index (χ2v) is 4.71. The van der Waals surface area contributed by atoms with Crippen LogP contribution in [0.15, 0.2) is 0 Å². The van der Waals surface area contributed by atoms with E-state index in [4.69, 9.17) is 0 Å². The van der Waals surface area contributed by atoms with Crippen molar-refractivity contribution < 1.29 is 29.5 Å². The first-order chi connectivity index (χ1) is 13.9. The molecule has 0 aliphatic rings. The zero-order chi connectivity index (χ0) is 22.9. The lowest BCUT2D eigenvalue weighted by atomic mass is 10.5. The summed E-state index contributed by atoms with van der Waals surface area (Å²) < 4.78 is -0.724. The van der Waals surface area contributed by atoms with E-state index >= 15 is 0 Å². The van der Waals surface area contributed by atoms with Gasteiger partial charge in [-0.25, -0.2) is 0 Å². The number of rotatable bonds is 9. The fourth-order valence-electron chi connectivity index (χ4n) is 1.92. The van der Waals surface area contributed by atoms with E-state index in [1.165, 1.54) is 0 Å². The second kappa shape index (κ2) is 7.36. The Morgan fingerprint density at radius 2 is 0.833 bits per heavy atom. The summed E-state index contributed by atoms with van der Waals surface area (Å²) in [6.07, 6.45) is -6.23. The van der Waals surface area contributed by atoms with Gasteiger partial charge in [-0.05, 0) is 29.2 Å². The third-order valence-corrected chi connectivity index (χ3v) is 2.96. The maximum Gasteiger partial charge on any atom is 0.568 e. The van der Waals surface area contributed by atoms with E-state index in [-0.39, 0.29) is 9.36 Å². The first-order valence-corrected chi connectivity index (χ1v) is 6.63. The molecule has 24 heteroatoms. The van der Waals surface area contributed by atoms with Gasteiger partial charge in [0.05, 0.1) is 0 Å². The van der Waals surface area contributed by atoms with Crippen LogP contribution in [0.2, 0.25) is 0 Å². The van der Waals surface area contributed by atoms with Gasteiger partial charge in [0.1, 0.15) is 19.7 Å². The van der Waals surface area contributed by atoms with Gasteiger partial charge in [0, 0.05) is 10.2 Å². The van der Waals surface area contributed by atoms with Crippen molar-refractivity contribution in [2.45, 2.75) is 12.6 Å². The summed E-state index contributed by atoms with van der Waals surface area (Å²) in [5.74, 6) is -5.80. The smallest absolute Gasteiger partial charge is 0.390 e. The third kappa shape index (κ3) is 3.57. The SMILES string of the molecule is O=[N+]([O-])c1nc(-c2nc([N+](=O)[O-])nn2C([N+](=O)[O-])[N+](=O)[O-])n(C([N+](=O)[O-])[N+](=O)[O-])n1. The van der Waals surface area contributed by atoms with Crippen molar-refractivity contribution in [1.82, 2.24) is 29.5 Å². The van der Waals surface area contributed by atoms with Crippen LogP contribution in [0.1, 0.15) is 12.6 Å². The van der Waals surface area contributed by atoms with Crippen molar-refractivity contribution in [2.75, 3.05) is 0 Å². The van der Waals surface area contributed by atoms with Crippen LogP contribution in [-0.2, 0) is 0 Å². The summed E-state index contributed by atoms with van der Waals surface area (Å²) in [5, 5.41) is 71.5.